The Balaban J connectivity index is 1.75. The van der Waals surface area contributed by atoms with Gasteiger partial charge in [0.25, 0.3) is 0 Å². The van der Waals surface area contributed by atoms with Gasteiger partial charge in [-0.25, -0.2) is 4.79 Å². The van der Waals surface area contributed by atoms with Gasteiger partial charge >= 0.3 is 5.97 Å². The molecule has 4 aliphatic rings. The predicted molar refractivity (Wildman–Crippen MR) is 97.5 cm³/mol. The Bertz CT molecular complexity index is 758. The van der Waals surface area contributed by atoms with Gasteiger partial charge in [0.05, 0.1) is 13.2 Å². The van der Waals surface area contributed by atoms with Gasteiger partial charge in [0, 0.05) is 23.1 Å². The van der Waals surface area contributed by atoms with Crippen LogP contribution in [0.4, 0.5) is 5.69 Å². The number of ether oxygens (including phenoxy) is 1. The number of nitrogens with zero attached hydrogens (tertiary/aromatic N) is 2. The van der Waals surface area contributed by atoms with Crippen molar-refractivity contribution in [1.82, 2.24) is 4.90 Å². The van der Waals surface area contributed by atoms with Crippen LogP contribution in [0.15, 0.2) is 36.0 Å². The fourth-order valence-electron chi connectivity index (χ4n) is 6.15. The monoisotopic (exact) mass is 338 g/mol. The van der Waals surface area contributed by atoms with Crippen LogP contribution in [0.25, 0.3) is 0 Å². The predicted octanol–water partition coefficient (Wildman–Crippen LogP) is 3.29. The Labute approximate surface area is 149 Å². The summed E-state index contributed by atoms with van der Waals surface area (Å²) in [5.41, 5.74) is 3.50. The number of benzene rings is 1. The molecule has 4 heteroatoms. The van der Waals surface area contributed by atoms with E-state index in [0.29, 0.717) is 18.0 Å². The topological polar surface area (TPSA) is 32.8 Å². The normalized spacial score (nSPS) is 35.7. The highest BCUT2D eigenvalue weighted by Crippen LogP contribution is 2.58. The SMILES string of the molecule is CC[C@]12C=C(C(=O)OC)N3c4ccccc4[C@@H]4CCN(CCC1)[C@H]2[C@H]43. The lowest BCUT2D eigenvalue weighted by Crippen LogP contribution is -2.67. The first-order valence-electron chi connectivity index (χ1n) is 9.63. The number of esters is 1. The molecular formula is C21H26N2O2. The molecule has 0 bridgehead atoms. The first kappa shape index (κ1) is 15.4. The van der Waals surface area contributed by atoms with Crippen molar-refractivity contribution < 1.29 is 9.53 Å². The van der Waals surface area contributed by atoms with E-state index >= 15 is 0 Å². The molecule has 1 aromatic rings. The largest absolute Gasteiger partial charge is 0.464 e. The summed E-state index contributed by atoms with van der Waals surface area (Å²) in [6.45, 7) is 4.66. The molecule has 4 aliphatic heterocycles. The van der Waals surface area contributed by atoms with Crippen molar-refractivity contribution in [2.45, 2.75) is 50.6 Å². The molecule has 0 aromatic heterocycles. The molecule has 2 saturated heterocycles. The van der Waals surface area contributed by atoms with Crippen molar-refractivity contribution in [1.29, 1.82) is 0 Å². The fraction of sp³-hybridized carbons (Fsp3) is 0.571. The van der Waals surface area contributed by atoms with E-state index in [1.807, 2.05) is 0 Å². The molecule has 4 atom stereocenters. The zero-order valence-corrected chi connectivity index (χ0v) is 15.1. The van der Waals surface area contributed by atoms with Crippen LogP contribution in [0.1, 0.15) is 44.1 Å². The second-order valence-electron chi connectivity index (χ2n) is 8.01. The summed E-state index contributed by atoms with van der Waals surface area (Å²) in [5.74, 6) is 0.333. The minimum atomic E-state index is -0.190. The summed E-state index contributed by atoms with van der Waals surface area (Å²) in [6.07, 6.45) is 6.94. The summed E-state index contributed by atoms with van der Waals surface area (Å²) in [4.78, 5) is 17.7. The van der Waals surface area contributed by atoms with Gasteiger partial charge < -0.3 is 9.64 Å². The van der Waals surface area contributed by atoms with E-state index in [1.165, 1.54) is 50.7 Å². The highest BCUT2D eigenvalue weighted by molar-refractivity contribution is 5.95. The molecule has 25 heavy (non-hydrogen) atoms. The minimum Gasteiger partial charge on any atom is -0.464 e. The molecule has 0 radical (unpaired) electrons. The van der Waals surface area contributed by atoms with Gasteiger partial charge in [0.2, 0.25) is 0 Å². The van der Waals surface area contributed by atoms with E-state index in [2.05, 4.69) is 47.1 Å². The molecule has 0 N–H and O–H groups in total. The van der Waals surface area contributed by atoms with E-state index < -0.39 is 0 Å². The molecule has 2 fully saturated rings. The number of hydrogen-bond donors (Lipinski definition) is 0. The van der Waals surface area contributed by atoms with E-state index in [1.54, 1.807) is 0 Å². The van der Waals surface area contributed by atoms with E-state index in [-0.39, 0.29) is 11.4 Å². The zero-order valence-electron chi connectivity index (χ0n) is 15.1. The molecule has 5 rings (SSSR count). The lowest BCUT2D eigenvalue weighted by Gasteiger charge is -2.59. The van der Waals surface area contributed by atoms with Gasteiger partial charge in [-0.1, -0.05) is 25.1 Å². The lowest BCUT2D eigenvalue weighted by atomic mass is 9.62. The van der Waals surface area contributed by atoms with Crippen molar-refractivity contribution in [3.8, 4) is 0 Å². The number of para-hydroxylation sites is 1. The Morgan fingerprint density at radius 3 is 2.96 bits per heavy atom. The van der Waals surface area contributed by atoms with E-state index in [0.717, 1.165) is 12.1 Å². The van der Waals surface area contributed by atoms with Crippen LogP contribution in [0.2, 0.25) is 0 Å². The maximum Gasteiger partial charge on any atom is 0.354 e. The van der Waals surface area contributed by atoms with Crippen LogP contribution in [0.3, 0.4) is 0 Å². The van der Waals surface area contributed by atoms with Crippen molar-refractivity contribution in [3.05, 3.63) is 41.6 Å². The van der Waals surface area contributed by atoms with Crippen LogP contribution in [-0.2, 0) is 9.53 Å². The van der Waals surface area contributed by atoms with Gasteiger partial charge in [-0.2, -0.15) is 0 Å². The Kier molecular flexibility index (Phi) is 3.30. The zero-order chi connectivity index (χ0) is 17.2. The molecule has 132 valence electrons. The Morgan fingerprint density at radius 1 is 1.32 bits per heavy atom. The Morgan fingerprint density at radius 2 is 2.16 bits per heavy atom. The molecule has 4 nitrogen and oxygen atoms in total. The molecule has 0 aliphatic carbocycles. The fourth-order valence-corrected chi connectivity index (χ4v) is 6.15. The van der Waals surface area contributed by atoms with E-state index in [4.69, 9.17) is 4.74 Å². The second kappa shape index (κ2) is 5.34. The lowest BCUT2D eigenvalue weighted by molar-refractivity contribution is -0.136. The van der Waals surface area contributed by atoms with Gasteiger partial charge in [0.15, 0.2) is 0 Å². The molecule has 0 amide bonds. The van der Waals surface area contributed by atoms with Crippen molar-refractivity contribution in [2.75, 3.05) is 25.1 Å². The first-order chi connectivity index (χ1) is 12.2. The molecule has 4 heterocycles. The quantitative estimate of drug-likeness (QED) is 0.775. The molecular weight excluding hydrogens is 312 g/mol. The molecule has 1 aromatic carbocycles. The number of fused-ring (bicyclic) bond motifs is 3. The van der Waals surface area contributed by atoms with E-state index in [9.17, 15) is 4.79 Å². The molecule has 0 unspecified atom stereocenters. The van der Waals surface area contributed by atoms with Gasteiger partial charge in [-0.15, -0.1) is 0 Å². The summed E-state index contributed by atoms with van der Waals surface area (Å²) >= 11 is 0. The number of rotatable bonds is 2. The summed E-state index contributed by atoms with van der Waals surface area (Å²) in [7, 11) is 1.50. The van der Waals surface area contributed by atoms with Crippen molar-refractivity contribution in [2.24, 2.45) is 5.41 Å². The average molecular weight is 338 g/mol. The minimum absolute atomic E-state index is 0.101. The van der Waals surface area contributed by atoms with Crippen LogP contribution in [0.5, 0.6) is 0 Å². The molecule has 0 saturated carbocycles. The third kappa shape index (κ3) is 1.89. The number of hydrogen-bond acceptors (Lipinski definition) is 4. The molecule has 0 spiro atoms. The van der Waals surface area contributed by atoms with Crippen LogP contribution >= 0.6 is 0 Å². The van der Waals surface area contributed by atoms with Crippen molar-refractivity contribution in [3.63, 3.8) is 0 Å². The summed E-state index contributed by atoms with van der Waals surface area (Å²) in [5, 5.41) is 0. The first-order valence-corrected chi connectivity index (χ1v) is 9.63. The third-order valence-electron chi connectivity index (χ3n) is 7.16. The number of anilines is 1. The third-order valence-corrected chi connectivity index (χ3v) is 7.16. The van der Waals surface area contributed by atoms with Crippen molar-refractivity contribution >= 4 is 11.7 Å². The van der Waals surface area contributed by atoms with Gasteiger partial charge in [-0.05, 0) is 56.5 Å². The summed E-state index contributed by atoms with van der Waals surface area (Å²) < 4.78 is 5.20. The number of carbonyl (C=O) groups excluding carboxylic acids is 1. The highest BCUT2D eigenvalue weighted by atomic mass is 16.5. The number of carbonyl (C=O) groups is 1. The average Bonchev–Trinajstić information content (AvgIpc) is 3.01. The second-order valence-corrected chi connectivity index (χ2v) is 8.01. The van der Waals surface area contributed by atoms with Crippen LogP contribution in [-0.4, -0.2) is 43.2 Å². The number of piperidine rings is 2. The summed E-state index contributed by atoms with van der Waals surface area (Å²) in [6, 6.07) is 9.54. The van der Waals surface area contributed by atoms with Crippen LogP contribution < -0.4 is 4.90 Å². The maximum absolute atomic E-state index is 12.7. The Hall–Kier alpha value is -1.81. The highest BCUT2D eigenvalue weighted by Gasteiger charge is 2.59. The smallest absolute Gasteiger partial charge is 0.354 e. The van der Waals surface area contributed by atoms with Gasteiger partial charge in [0.1, 0.15) is 5.70 Å². The standard InChI is InChI=1S/C21H26N2O2/c1-3-21-10-6-11-22-12-9-15-14-7-4-5-8-16(14)23(18(15)19(21)22)17(13-21)20(24)25-2/h4-5,7-8,13,15,18-19H,3,6,9-12H2,1-2H3/t15-,18-,19-,21+/m0/s1. The maximum atomic E-state index is 12.7. The van der Waals surface area contributed by atoms with Crippen LogP contribution in [0, 0.1) is 5.41 Å². The van der Waals surface area contributed by atoms with Gasteiger partial charge in [-0.3, -0.25) is 4.90 Å². The number of methoxy groups -OCH3 is 1.